The fraction of sp³-hybridized carbons (Fsp3) is 0.600. The van der Waals surface area contributed by atoms with Crippen LogP contribution in [0.15, 0.2) is 18.2 Å². The van der Waals surface area contributed by atoms with Crippen molar-refractivity contribution in [3.05, 3.63) is 29.3 Å². The summed E-state index contributed by atoms with van der Waals surface area (Å²) in [6.45, 7) is 11.9. The normalized spacial score (nSPS) is 11.7. The van der Waals surface area contributed by atoms with E-state index in [4.69, 9.17) is 13.3 Å². The van der Waals surface area contributed by atoms with Gasteiger partial charge in [0.15, 0.2) is 0 Å². The molecule has 0 saturated heterocycles. The number of anilines is 1. The Morgan fingerprint density at radius 2 is 1.50 bits per heavy atom. The van der Waals surface area contributed by atoms with Crippen molar-refractivity contribution in [1.29, 1.82) is 0 Å². The maximum atomic E-state index is 5.83. The van der Waals surface area contributed by atoms with Crippen LogP contribution in [0.5, 0.6) is 0 Å². The highest BCUT2D eigenvalue weighted by Crippen LogP contribution is 2.19. The summed E-state index contributed by atoms with van der Waals surface area (Å²) >= 11 is 0. The molecule has 0 radical (unpaired) electrons. The fourth-order valence-corrected chi connectivity index (χ4v) is 4.37. The van der Waals surface area contributed by atoms with Gasteiger partial charge in [-0.2, -0.15) is 0 Å². The van der Waals surface area contributed by atoms with E-state index in [1.807, 2.05) is 20.8 Å². The Bertz CT molecular complexity index is 395. The molecule has 0 aromatic heterocycles. The van der Waals surface area contributed by atoms with Crippen LogP contribution >= 0.6 is 0 Å². The fourth-order valence-electron chi connectivity index (χ4n) is 2.08. The molecule has 0 aliphatic carbocycles. The average Bonchev–Trinajstić information content (AvgIpc) is 2.41. The summed E-state index contributed by atoms with van der Waals surface area (Å²) in [5, 5.41) is 3.44. The van der Waals surface area contributed by atoms with Crippen molar-refractivity contribution in [3.8, 4) is 0 Å². The molecule has 1 aromatic rings. The highest BCUT2D eigenvalue weighted by Gasteiger charge is 2.40. The Morgan fingerprint density at radius 1 is 0.950 bits per heavy atom. The van der Waals surface area contributed by atoms with Crippen molar-refractivity contribution in [2.45, 2.75) is 34.6 Å². The van der Waals surface area contributed by atoms with E-state index >= 15 is 0 Å². The van der Waals surface area contributed by atoms with Gasteiger partial charge in [0.25, 0.3) is 0 Å². The van der Waals surface area contributed by atoms with Crippen molar-refractivity contribution in [3.63, 3.8) is 0 Å². The first-order valence-corrected chi connectivity index (χ1v) is 9.23. The van der Waals surface area contributed by atoms with Crippen LogP contribution in [0.4, 0.5) is 5.69 Å². The van der Waals surface area contributed by atoms with E-state index in [1.165, 1.54) is 11.1 Å². The van der Waals surface area contributed by atoms with Crippen LogP contribution in [0.2, 0.25) is 0 Å². The van der Waals surface area contributed by atoms with E-state index in [0.717, 1.165) is 5.69 Å². The molecule has 0 aliphatic heterocycles. The number of benzene rings is 1. The van der Waals surface area contributed by atoms with Gasteiger partial charge in [0.05, 0.1) is 6.17 Å². The predicted molar refractivity (Wildman–Crippen MR) is 85.0 cm³/mol. The van der Waals surface area contributed by atoms with Gasteiger partial charge in [-0.3, -0.25) is 0 Å². The van der Waals surface area contributed by atoms with Gasteiger partial charge >= 0.3 is 8.80 Å². The zero-order valence-electron chi connectivity index (χ0n) is 13.3. The van der Waals surface area contributed by atoms with Gasteiger partial charge < -0.3 is 18.6 Å². The van der Waals surface area contributed by atoms with Crippen LogP contribution in [0.3, 0.4) is 0 Å². The second-order valence-corrected chi connectivity index (χ2v) is 7.17. The molecule has 4 nitrogen and oxygen atoms in total. The quantitative estimate of drug-likeness (QED) is 0.710. The summed E-state index contributed by atoms with van der Waals surface area (Å²) in [5.41, 5.74) is 3.63. The minimum atomic E-state index is -2.63. The summed E-state index contributed by atoms with van der Waals surface area (Å²) in [6.07, 6.45) is 0.590. The number of hydrogen-bond donors (Lipinski definition) is 1. The average molecular weight is 297 g/mol. The molecule has 0 unspecified atom stereocenters. The smallest absolute Gasteiger partial charge is 0.380 e. The molecule has 0 heterocycles. The van der Waals surface area contributed by atoms with Gasteiger partial charge in [-0.05, 0) is 51.8 Å². The van der Waals surface area contributed by atoms with E-state index in [1.54, 1.807) is 0 Å². The Kier molecular flexibility index (Phi) is 7.22. The molecule has 0 amide bonds. The molecular weight excluding hydrogens is 270 g/mol. The summed E-state index contributed by atoms with van der Waals surface area (Å²) in [6, 6.07) is 6.24. The second kappa shape index (κ2) is 8.41. The van der Waals surface area contributed by atoms with E-state index in [2.05, 4.69) is 37.4 Å². The van der Waals surface area contributed by atoms with Gasteiger partial charge in [-0.1, -0.05) is 12.1 Å². The first-order valence-electron chi connectivity index (χ1n) is 7.30. The lowest BCUT2D eigenvalue weighted by Crippen LogP contribution is -2.52. The largest absolute Gasteiger partial charge is 0.521 e. The Balaban J connectivity index is 2.81. The zero-order chi connectivity index (χ0) is 15.0. The zero-order valence-corrected chi connectivity index (χ0v) is 14.3. The minimum Gasteiger partial charge on any atom is -0.380 e. The molecule has 20 heavy (non-hydrogen) atoms. The van der Waals surface area contributed by atoms with Gasteiger partial charge in [0.2, 0.25) is 0 Å². The summed E-state index contributed by atoms with van der Waals surface area (Å²) in [5.74, 6) is 0. The van der Waals surface area contributed by atoms with E-state index < -0.39 is 8.80 Å². The molecule has 1 aromatic carbocycles. The molecule has 0 saturated carbocycles. The number of rotatable bonds is 9. The van der Waals surface area contributed by atoms with Crippen molar-refractivity contribution >= 4 is 14.5 Å². The van der Waals surface area contributed by atoms with Crippen molar-refractivity contribution in [2.75, 3.05) is 31.3 Å². The third-order valence-corrected chi connectivity index (χ3v) is 5.99. The van der Waals surface area contributed by atoms with Crippen LogP contribution in [0.25, 0.3) is 0 Å². The third-order valence-electron chi connectivity index (χ3n) is 3.19. The first kappa shape index (κ1) is 17.2. The molecule has 0 atom stereocenters. The lowest BCUT2D eigenvalue weighted by molar-refractivity contribution is 0.0740. The third kappa shape index (κ3) is 4.59. The number of aryl methyl sites for hydroxylation is 1. The summed E-state index contributed by atoms with van der Waals surface area (Å²) in [4.78, 5) is 0. The molecule has 1 N–H and O–H groups in total. The maximum absolute atomic E-state index is 5.83. The molecule has 114 valence electrons. The second-order valence-electron chi connectivity index (χ2n) is 4.58. The molecule has 0 fully saturated rings. The van der Waals surface area contributed by atoms with E-state index in [0.29, 0.717) is 26.0 Å². The molecule has 1 rings (SSSR count). The van der Waals surface area contributed by atoms with E-state index in [-0.39, 0.29) is 0 Å². The lowest BCUT2D eigenvalue weighted by atomic mass is 10.1. The Morgan fingerprint density at radius 3 is 2.00 bits per heavy atom. The molecule has 0 bridgehead atoms. The van der Waals surface area contributed by atoms with Crippen molar-refractivity contribution < 1.29 is 13.3 Å². The van der Waals surface area contributed by atoms with Gasteiger partial charge in [-0.15, -0.1) is 0 Å². The molecule has 5 heteroatoms. The van der Waals surface area contributed by atoms with Gasteiger partial charge in [0.1, 0.15) is 0 Å². The Labute approximate surface area is 123 Å². The van der Waals surface area contributed by atoms with Crippen LogP contribution in [0, 0.1) is 13.8 Å². The monoisotopic (exact) mass is 297 g/mol. The highest BCUT2D eigenvalue weighted by molar-refractivity contribution is 6.61. The molecule has 0 aliphatic rings. The summed E-state index contributed by atoms with van der Waals surface area (Å²) < 4.78 is 17.5. The van der Waals surface area contributed by atoms with Crippen molar-refractivity contribution in [2.24, 2.45) is 0 Å². The topological polar surface area (TPSA) is 39.7 Å². The number of nitrogens with one attached hydrogen (secondary N) is 1. The minimum absolute atomic E-state index is 0.590. The van der Waals surface area contributed by atoms with Crippen LogP contribution in [-0.4, -0.2) is 34.8 Å². The molecule has 0 spiro atoms. The lowest BCUT2D eigenvalue weighted by Gasteiger charge is -2.29. The Hall–Kier alpha value is -0.883. The molecular formula is C15H27NO3Si. The number of hydrogen-bond acceptors (Lipinski definition) is 4. The van der Waals surface area contributed by atoms with Crippen LogP contribution < -0.4 is 5.32 Å². The summed E-state index contributed by atoms with van der Waals surface area (Å²) in [7, 11) is -2.63. The highest BCUT2D eigenvalue weighted by atomic mass is 28.4. The van der Waals surface area contributed by atoms with Crippen molar-refractivity contribution in [1.82, 2.24) is 0 Å². The first-order chi connectivity index (χ1) is 9.58. The SMILES string of the molecule is CCO[Si](CNc1cccc(C)c1C)(OCC)OCC. The van der Waals surface area contributed by atoms with Gasteiger partial charge in [0, 0.05) is 25.5 Å². The van der Waals surface area contributed by atoms with Crippen LogP contribution in [-0.2, 0) is 13.3 Å². The van der Waals surface area contributed by atoms with Gasteiger partial charge in [-0.25, -0.2) is 0 Å². The maximum Gasteiger partial charge on any atom is 0.521 e. The predicted octanol–water partition coefficient (Wildman–Crippen LogP) is 3.30. The van der Waals surface area contributed by atoms with Crippen LogP contribution in [0.1, 0.15) is 31.9 Å². The standard InChI is InChI=1S/C15H27NO3Si/c1-6-17-20(18-7-2,19-8-3)12-16-15-11-9-10-13(4)14(15)5/h9-11,16H,6-8,12H2,1-5H3. The van der Waals surface area contributed by atoms with E-state index in [9.17, 15) is 0 Å².